The summed E-state index contributed by atoms with van der Waals surface area (Å²) in [5.74, 6) is 0.254. The Hall–Kier alpha value is -0.940. The normalized spacial score (nSPS) is 14.3. The van der Waals surface area contributed by atoms with Gasteiger partial charge in [0.15, 0.2) is 0 Å². The van der Waals surface area contributed by atoms with Gasteiger partial charge in [0.2, 0.25) is 0 Å². The first-order valence-corrected chi connectivity index (χ1v) is 8.09. The molecule has 114 valence electrons. The molecule has 0 aliphatic rings. The molecule has 2 N–H and O–H groups in total. The third kappa shape index (κ3) is 4.28. The Bertz CT molecular complexity index is 431. The average molecular weight is 298 g/mol. The van der Waals surface area contributed by atoms with Crippen LogP contribution in [-0.2, 0) is 16.0 Å². The Labute approximate surface area is 125 Å². The van der Waals surface area contributed by atoms with Crippen LogP contribution >= 0.6 is 11.3 Å². The molecule has 0 spiro atoms. The van der Waals surface area contributed by atoms with E-state index >= 15 is 0 Å². The van der Waals surface area contributed by atoms with E-state index in [1.807, 2.05) is 19.4 Å². The van der Waals surface area contributed by atoms with Gasteiger partial charge in [0.1, 0.15) is 0 Å². The van der Waals surface area contributed by atoms with Crippen molar-refractivity contribution in [3.63, 3.8) is 0 Å². The molecule has 1 aromatic heterocycles. The van der Waals surface area contributed by atoms with Crippen molar-refractivity contribution >= 4 is 17.3 Å². The van der Waals surface area contributed by atoms with Crippen LogP contribution in [0.2, 0.25) is 0 Å². The van der Waals surface area contributed by atoms with Gasteiger partial charge in [0, 0.05) is 11.4 Å². The molecule has 4 nitrogen and oxygen atoms in total. The summed E-state index contributed by atoms with van der Waals surface area (Å²) in [5.41, 5.74) is 8.28. The smallest absolute Gasteiger partial charge is 0.313 e. The fourth-order valence-corrected chi connectivity index (χ4v) is 3.32. The fourth-order valence-electron chi connectivity index (χ4n) is 2.54. The van der Waals surface area contributed by atoms with Gasteiger partial charge in [-0.2, -0.15) is 0 Å². The second-order valence-electron chi connectivity index (χ2n) is 5.66. The molecule has 20 heavy (non-hydrogen) atoms. The van der Waals surface area contributed by atoms with E-state index in [4.69, 9.17) is 10.5 Å². The van der Waals surface area contributed by atoms with E-state index in [-0.39, 0.29) is 5.97 Å². The lowest BCUT2D eigenvalue weighted by Gasteiger charge is -2.31. The summed E-state index contributed by atoms with van der Waals surface area (Å²) >= 11 is 1.64. The number of rotatable bonds is 8. The topological polar surface area (TPSA) is 65.2 Å². The van der Waals surface area contributed by atoms with Gasteiger partial charge in [-0.1, -0.05) is 13.8 Å². The standard InChI is InChI=1S/C15H26N2O2S/c1-5-19-14(18)15(9-16,8-11(2)3)7-6-13-12(4)17-10-20-13/h10-11H,5-9,16H2,1-4H3. The molecule has 0 radical (unpaired) electrons. The number of nitrogens with zero attached hydrogens (tertiary/aromatic N) is 1. The lowest BCUT2D eigenvalue weighted by Crippen LogP contribution is -2.41. The molecule has 0 saturated carbocycles. The summed E-state index contributed by atoms with van der Waals surface area (Å²) < 4.78 is 5.27. The van der Waals surface area contributed by atoms with Gasteiger partial charge in [-0.25, -0.2) is 4.98 Å². The lowest BCUT2D eigenvalue weighted by molar-refractivity contribution is -0.156. The molecule has 1 rings (SSSR count). The Morgan fingerprint density at radius 1 is 1.55 bits per heavy atom. The van der Waals surface area contributed by atoms with E-state index in [0.29, 0.717) is 19.1 Å². The number of hydrogen-bond donors (Lipinski definition) is 1. The summed E-state index contributed by atoms with van der Waals surface area (Å²) in [5, 5.41) is 0. The quantitative estimate of drug-likeness (QED) is 0.749. The zero-order valence-corrected chi connectivity index (χ0v) is 13.8. The highest BCUT2D eigenvalue weighted by atomic mass is 32.1. The van der Waals surface area contributed by atoms with Crippen LogP contribution in [0.3, 0.4) is 0 Å². The van der Waals surface area contributed by atoms with Crippen LogP contribution in [0.15, 0.2) is 5.51 Å². The number of carbonyl (C=O) groups is 1. The average Bonchev–Trinajstić information content (AvgIpc) is 2.80. The second kappa shape index (κ2) is 7.74. The van der Waals surface area contributed by atoms with Crippen LogP contribution in [0.5, 0.6) is 0 Å². The second-order valence-corrected chi connectivity index (χ2v) is 6.60. The maximum Gasteiger partial charge on any atom is 0.313 e. The fraction of sp³-hybridized carbons (Fsp3) is 0.733. The summed E-state index contributed by atoms with van der Waals surface area (Å²) in [6, 6.07) is 0. The molecular weight excluding hydrogens is 272 g/mol. The van der Waals surface area contributed by atoms with Crippen molar-refractivity contribution in [3.8, 4) is 0 Å². The van der Waals surface area contributed by atoms with Crippen molar-refractivity contribution < 1.29 is 9.53 Å². The van der Waals surface area contributed by atoms with Crippen molar-refractivity contribution in [2.45, 2.75) is 47.0 Å². The van der Waals surface area contributed by atoms with E-state index in [1.165, 1.54) is 4.88 Å². The van der Waals surface area contributed by atoms with Gasteiger partial charge in [-0.05, 0) is 39.0 Å². The predicted octanol–water partition coefficient (Wildman–Crippen LogP) is 2.94. The molecule has 0 bridgehead atoms. The number of nitrogens with two attached hydrogens (primary N) is 1. The molecule has 0 aliphatic carbocycles. The van der Waals surface area contributed by atoms with Crippen molar-refractivity contribution in [2.24, 2.45) is 17.1 Å². The van der Waals surface area contributed by atoms with Gasteiger partial charge < -0.3 is 10.5 Å². The molecule has 0 aliphatic heterocycles. The summed E-state index contributed by atoms with van der Waals surface area (Å²) in [6.45, 7) is 8.80. The third-order valence-corrected chi connectivity index (χ3v) is 4.57. The van der Waals surface area contributed by atoms with Crippen LogP contribution in [-0.4, -0.2) is 24.1 Å². The van der Waals surface area contributed by atoms with E-state index in [0.717, 1.165) is 25.0 Å². The minimum Gasteiger partial charge on any atom is -0.466 e. The maximum absolute atomic E-state index is 12.4. The Kier molecular flexibility index (Phi) is 6.62. The largest absolute Gasteiger partial charge is 0.466 e. The van der Waals surface area contributed by atoms with Crippen LogP contribution < -0.4 is 5.73 Å². The molecule has 1 aromatic rings. The summed E-state index contributed by atoms with van der Waals surface area (Å²) in [6.07, 6.45) is 2.32. The zero-order chi connectivity index (χ0) is 15.2. The van der Waals surface area contributed by atoms with Gasteiger partial charge in [0.25, 0.3) is 0 Å². The molecule has 1 heterocycles. The van der Waals surface area contributed by atoms with Crippen LogP contribution in [0, 0.1) is 18.3 Å². The molecule has 1 atom stereocenters. The van der Waals surface area contributed by atoms with Crippen molar-refractivity contribution in [3.05, 3.63) is 16.1 Å². The summed E-state index contributed by atoms with van der Waals surface area (Å²) in [4.78, 5) is 17.9. The molecule has 1 unspecified atom stereocenters. The number of hydrogen-bond acceptors (Lipinski definition) is 5. The maximum atomic E-state index is 12.4. The molecule has 0 fully saturated rings. The minimum absolute atomic E-state index is 0.154. The SMILES string of the molecule is CCOC(=O)C(CN)(CCc1scnc1C)CC(C)C. The number of esters is 1. The highest BCUT2D eigenvalue weighted by Crippen LogP contribution is 2.33. The Morgan fingerprint density at radius 3 is 2.70 bits per heavy atom. The first-order valence-electron chi connectivity index (χ1n) is 7.21. The monoisotopic (exact) mass is 298 g/mol. The minimum atomic E-state index is -0.569. The molecule has 0 saturated heterocycles. The van der Waals surface area contributed by atoms with Crippen LogP contribution in [0.25, 0.3) is 0 Å². The van der Waals surface area contributed by atoms with Gasteiger partial charge in [-0.3, -0.25) is 4.79 Å². The number of carbonyl (C=O) groups excluding carboxylic acids is 1. The highest BCUT2D eigenvalue weighted by Gasteiger charge is 2.39. The number of aromatic nitrogens is 1. The lowest BCUT2D eigenvalue weighted by atomic mass is 9.76. The van der Waals surface area contributed by atoms with Crippen molar-refractivity contribution in [1.29, 1.82) is 0 Å². The van der Waals surface area contributed by atoms with Crippen LogP contribution in [0.1, 0.15) is 44.2 Å². The van der Waals surface area contributed by atoms with E-state index in [2.05, 4.69) is 18.8 Å². The van der Waals surface area contributed by atoms with E-state index in [1.54, 1.807) is 11.3 Å². The highest BCUT2D eigenvalue weighted by molar-refractivity contribution is 7.09. The zero-order valence-electron chi connectivity index (χ0n) is 12.9. The first-order chi connectivity index (χ1) is 9.45. The molecule has 0 amide bonds. The number of thiazole rings is 1. The van der Waals surface area contributed by atoms with Crippen LogP contribution in [0.4, 0.5) is 0 Å². The van der Waals surface area contributed by atoms with E-state index in [9.17, 15) is 4.79 Å². The van der Waals surface area contributed by atoms with Crippen molar-refractivity contribution in [1.82, 2.24) is 4.98 Å². The predicted molar refractivity (Wildman–Crippen MR) is 82.7 cm³/mol. The number of ether oxygens (including phenoxy) is 1. The number of aryl methyl sites for hydroxylation is 2. The molecular formula is C15H26N2O2S. The molecule has 0 aromatic carbocycles. The Morgan fingerprint density at radius 2 is 2.25 bits per heavy atom. The van der Waals surface area contributed by atoms with E-state index < -0.39 is 5.41 Å². The third-order valence-electron chi connectivity index (χ3n) is 3.57. The van der Waals surface area contributed by atoms with Crippen molar-refractivity contribution in [2.75, 3.05) is 13.2 Å². The van der Waals surface area contributed by atoms with Gasteiger partial charge in [0.05, 0.1) is 23.2 Å². The van der Waals surface area contributed by atoms with Gasteiger partial charge >= 0.3 is 5.97 Å². The Balaban J connectivity index is 2.85. The molecule has 5 heteroatoms. The van der Waals surface area contributed by atoms with Gasteiger partial charge in [-0.15, -0.1) is 11.3 Å². The summed E-state index contributed by atoms with van der Waals surface area (Å²) in [7, 11) is 0. The first kappa shape index (κ1) is 17.1.